The fourth-order valence-electron chi connectivity index (χ4n) is 2.72. The number of carbonyl (C=O) groups is 1. The lowest BCUT2D eigenvalue weighted by molar-refractivity contribution is -0.139. The molecule has 3 rings (SSSR count). The molecule has 1 aliphatic heterocycles. The lowest BCUT2D eigenvalue weighted by atomic mass is 9.96. The van der Waals surface area contributed by atoms with E-state index in [4.69, 9.17) is 9.47 Å². The van der Waals surface area contributed by atoms with Crippen LogP contribution in [0.15, 0.2) is 41.9 Å². The van der Waals surface area contributed by atoms with Crippen LogP contribution in [0.3, 0.4) is 0 Å². The van der Waals surface area contributed by atoms with Gasteiger partial charge >= 0.3 is 5.97 Å². The minimum atomic E-state index is -0.390. The van der Waals surface area contributed by atoms with Crippen molar-refractivity contribution >= 4 is 11.9 Å². The van der Waals surface area contributed by atoms with E-state index in [0.717, 1.165) is 23.4 Å². The minimum Gasteiger partial charge on any atom is -0.497 e. The molecule has 0 aliphatic carbocycles. The number of rotatable bonds is 5. The molecule has 0 spiro atoms. The highest BCUT2D eigenvalue weighted by molar-refractivity contribution is 5.92. The Morgan fingerprint density at radius 1 is 1.33 bits per heavy atom. The van der Waals surface area contributed by atoms with Gasteiger partial charge in [0.25, 0.3) is 0 Å². The van der Waals surface area contributed by atoms with Crippen molar-refractivity contribution in [2.75, 3.05) is 19.0 Å². The minimum absolute atomic E-state index is 0.344. The Morgan fingerprint density at radius 2 is 2.08 bits per heavy atom. The zero-order valence-corrected chi connectivity index (χ0v) is 13.9. The monoisotopic (exact) mass is 328 g/mol. The number of fused-ring (bicyclic) bond motifs is 1. The second kappa shape index (κ2) is 6.74. The molecule has 1 N–H and O–H groups in total. The predicted molar refractivity (Wildman–Crippen MR) is 88.7 cm³/mol. The van der Waals surface area contributed by atoms with Crippen molar-refractivity contribution in [3.05, 3.63) is 47.4 Å². The van der Waals surface area contributed by atoms with Crippen molar-refractivity contribution in [3.8, 4) is 5.75 Å². The predicted octanol–water partition coefficient (Wildman–Crippen LogP) is 2.53. The number of hydrogen-bond donors (Lipinski definition) is 1. The van der Waals surface area contributed by atoms with E-state index in [0.29, 0.717) is 18.1 Å². The van der Waals surface area contributed by atoms with E-state index >= 15 is 0 Å². The molecule has 1 atom stereocenters. The topological polar surface area (TPSA) is 78.3 Å². The first-order chi connectivity index (χ1) is 11.7. The molecule has 0 saturated heterocycles. The maximum absolute atomic E-state index is 12.6. The summed E-state index contributed by atoms with van der Waals surface area (Å²) in [4.78, 5) is 16.8. The van der Waals surface area contributed by atoms with Gasteiger partial charge in [0, 0.05) is 5.70 Å². The van der Waals surface area contributed by atoms with Gasteiger partial charge in [-0.25, -0.2) is 9.48 Å². The molecule has 2 aromatic rings. The molecule has 0 amide bonds. The van der Waals surface area contributed by atoms with Crippen molar-refractivity contribution in [2.24, 2.45) is 0 Å². The summed E-state index contributed by atoms with van der Waals surface area (Å²) in [6.07, 6.45) is 2.24. The van der Waals surface area contributed by atoms with Crippen LogP contribution in [0, 0.1) is 0 Å². The van der Waals surface area contributed by atoms with E-state index in [1.165, 1.54) is 6.33 Å². The Bertz CT molecular complexity index is 764. The Kier molecular flexibility index (Phi) is 4.50. The first-order valence-electron chi connectivity index (χ1n) is 7.84. The Labute approximate surface area is 140 Å². The third-order valence-electron chi connectivity index (χ3n) is 3.88. The average molecular weight is 328 g/mol. The first kappa shape index (κ1) is 16.0. The van der Waals surface area contributed by atoms with Gasteiger partial charge in [0.15, 0.2) is 0 Å². The summed E-state index contributed by atoms with van der Waals surface area (Å²) in [6.45, 7) is 4.19. The third-order valence-corrected chi connectivity index (χ3v) is 3.88. The molecule has 0 fully saturated rings. The van der Waals surface area contributed by atoms with Gasteiger partial charge < -0.3 is 14.8 Å². The number of aromatic nitrogens is 3. The second-order valence-electron chi connectivity index (χ2n) is 5.50. The van der Waals surface area contributed by atoms with Crippen LogP contribution in [0.5, 0.6) is 5.75 Å². The Balaban J connectivity index is 2.05. The number of ether oxygens (including phenoxy) is 2. The highest BCUT2D eigenvalue weighted by atomic mass is 16.5. The number of anilines is 1. The second-order valence-corrected chi connectivity index (χ2v) is 5.50. The zero-order chi connectivity index (χ0) is 17.1. The summed E-state index contributed by atoms with van der Waals surface area (Å²) >= 11 is 0. The van der Waals surface area contributed by atoms with Crippen molar-refractivity contribution in [3.63, 3.8) is 0 Å². The summed E-state index contributed by atoms with van der Waals surface area (Å²) in [5.74, 6) is 1.01. The Hall–Kier alpha value is -2.83. The maximum Gasteiger partial charge on any atom is 0.338 e. The molecular formula is C17H20N4O3. The molecule has 24 heavy (non-hydrogen) atoms. The number of nitrogens with one attached hydrogen (secondary N) is 1. The summed E-state index contributed by atoms with van der Waals surface area (Å²) in [5.41, 5.74) is 2.16. The van der Waals surface area contributed by atoms with Crippen LogP contribution in [-0.4, -0.2) is 34.5 Å². The highest BCUT2D eigenvalue weighted by Crippen LogP contribution is 2.35. The standard InChI is InChI=1S/C17H20N4O3/c1-4-9-24-16(22)14-11(2)20-17-18-10-19-21(17)15(14)12-5-7-13(23-3)8-6-12/h5-8,10,15H,4,9H2,1-3H3,(H,18,19,20). The number of allylic oxidation sites excluding steroid dienone is 1. The molecule has 1 aliphatic rings. The fraction of sp³-hybridized carbons (Fsp3) is 0.353. The smallest absolute Gasteiger partial charge is 0.338 e. The van der Waals surface area contributed by atoms with E-state index in [9.17, 15) is 4.79 Å². The number of carbonyl (C=O) groups excluding carboxylic acids is 1. The lowest BCUT2D eigenvalue weighted by Gasteiger charge is -2.28. The van der Waals surface area contributed by atoms with Gasteiger partial charge in [-0.2, -0.15) is 10.1 Å². The number of nitrogens with zero attached hydrogens (tertiary/aromatic N) is 3. The van der Waals surface area contributed by atoms with Gasteiger partial charge in [-0.15, -0.1) is 0 Å². The number of benzene rings is 1. The molecule has 0 saturated carbocycles. The molecule has 1 unspecified atom stereocenters. The largest absolute Gasteiger partial charge is 0.497 e. The van der Waals surface area contributed by atoms with Crippen molar-refractivity contribution < 1.29 is 14.3 Å². The van der Waals surface area contributed by atoms with Crippen LogP contribution in [-0.2, 0) is 9.53 Å². The lowest BCUT2D eigenvalue weighted by Crippen LogP contribution is -2.29. The number of methoxy groups -OCH3 is 1. The van der Waals surface area contributed by atoms with Gasteiger partial charge in [-0.3, -0.25) is 0 Å². The van der Waals surface area contributed by atoms with Gasteiger partial charge in [0.1, 0.15) is 18.1 Å². The number of esters is 1. The van der Waals surface area contributed by atoms with Crippen LogP contribution in [0.1, 0.15) is 31.9 Å². The van der Waals surface area contributed by atoms with E-state index in [-0.39, 0.29) is 12.0 Å². The molecule has 1 aromatic carbocycles. The van der Waals surface area contributed by atoms with Crippen LogP contribution in [0.2, 0.25) is 0 Å². The summed E-state index contributed by atoms with van der Waals surface area (Å²) in [7, 11) is 1.62. The van der Waals surface area contributed by atoms with Gasteiger partial charge in [0.2, 0.25) is 5.95 Å². The maximum atomic E-state index is 12.6. The zero-order valence-electron chi connectivity index (χ0n) is 13.9. The van der Waals surface area contributed by atoms with Crippen molar-refractivity contribution in [2.45, 2.75) is 26.3 Å². The van der Waals surface area contributed by atoms with E-state index in [1.807, 2.05) is 38.1 Å². The first-order valence-corrected chi connectivity index (χ1v) is 7.84. The normalized spacial score (nSPS) is 16.4. The summed E-state index contributed by atoms with van der Waals surface area (Å²) in [5, 5.41) is 7.39. The van der Waals surface area contributed by atoms with Gasteiger partial charge in [-0.05, 0) is 31.0 Å². The van der Waals surface area contributed by atoms with E-state index in [2.05, 4.69) is 15.4 Å². The highest BCUT2D eigenvalue weighted by Gasteiger charge is 2.34. The van der Waals surface area contributed by atoms with Gasteiger partial charge in [0.05, 0.1) is 19.3 Å². The van der Waals surface area contributed by atoms with E-state index < -0.39 is 0 Å². The molecular weight excluding hydrogens is 308 g/mol. The molecule has 126 valence electrons. The number of hydrogen-bond acceptors (Lipinski definition) is 6. The SMILES string of the molecule is CCCOC(=O)C1=C(C)Nc2ncnn2C1c1ccc(OC)cc1. The van der Waals surface area contributed by atoms with E-state index in [1.54, 1.807) is 11.8 Å². The summed E-state index contributed by atoms with van der Waals surface area (Å²) in [6, 6.07) is 7.16. The quantitative estimate of drug-likeness (QED) is 0.850. The molecule has 7 heteroatoms. The van der Waals surface area contributed by atoms with Gasteiger partial charge in [-0.1, -0.05) is 19.1 Å². The molecule has 1 aromatic heterocycles. The molecule has 0 radical (unpaired) electrons. The van der Waals surface area contributed by atoms with Crippen LogP contribution < -0.4 is 10.1 Å². The van der Waals surface area contributed by atoms with Crippen LogP contribution in [0.4, 0.5) is 5.95 Å². The van der Waals surface area contributed by atoms with Crippen LogP contribution >= 0.6 is 0 Å². The Morgan fingerprint density at radius 3 is 2.75 bits per heavy atom. The molecule has 7 nitrogen and oxygen atoms in total. The fourth-order valence-corrected chi connectivity index (χ4v) is 2.72. The third kappa shape index (κ3) is 2.84. The van der Waals surface area contributed by atoms with Crippen LogP contribution in [0.25, 0.3) is 0 Å². The average Bonchev–Trinajstić information content (AvgIpc) is 3.06. The summed E-state index contributed by atoms with van der Waals surface area (Å²) < 4.78 is 12.3. The van der Waals surface area contributed by atoms with Crippen molar-refractivity contribution in [1.82, 2.24) is 14.8 Å². The van der Waals surface area contributed by atoms with Crippen molar-refractivity contribution in [1.29, 1.82) is 0 Å². The molecule has 2 heterocycles. The molecule has 0 bridgehead atoms.